The molecule has 19 heavy (non-hydrogen) atoms. The van der Waals surface area contributed by atoms with Gasteiger partial charge < -0.3 is 5.32 Å². The zero-order valence-electron chi connectivity index (χ0n) is 10.7. The Balaban J connectivity index is 1.83. The lowest BCUT2D eigenvalue weighted by Gasteiger charge is -2.24. The lowest BCUT2D eigenvalue weighted by atomic mass is 9.85. The van der Waals surface area contributed by atoms with E-state index in [1.807, 2.05) is 25.1 Å². The largest absolute Gasteiger partial charge is 0.326 e. The Kier molecular flexibility index (Phi) is 2.98. The summed E-state index contributed by atoms with van der Waals surface area (Å²) in [7, 11) is 0. The number of amides is 1. The van der Waals surface area contributed by atoms with Gasteiger partial charge >= 0.3 is 0 Å². The second-order valence-electron chi connectivity index (χ2n) is 4.87. The topological polar surface area (TPSA) is 72.7 Å². The van der Waals surface area contributed by atoms with Crippen molar-refractivity contribution in [1.29, 1.82) is 0 Å². The molecule has 1 fully saturated rings. The molecule has 0 saturated heterocycles. The van der Waals surface area contributed by atoms with Crippen molar-refractivity contribution < 1.29 is 4.79 Å². The molecule has 1 aromatic heterocycles. The van der Waals surface area contributed by atoms with E-state index in [0.29, 0.717) is 0 Å². The summed E-state index contributed by atoms with van der Waals surface area (Å²) in [5.74, 6) is 0.288. The summed E-state index contributed by atoms with van der Waals surface area (Å²) in [5, 5.41) is 14.1. The lowest BCUT2D eigenvalue weighted by molar-refractivity contribution is -0.122. The number of carbonyl (C=O) groups excluding carboxylic acids is 1. The monoisotopic (exact) mass is 257 g/mol. The lowest BCUT2D eigenvalue weighted by Crippen LogP contribution is -2.28. The Morgan fingerprint density at radius 1 is 1.42 bits per heavy atom. The van der Waals surface area contributed by atoms with Gasteiger partial charge in [0.25, 0.3) is 0 Å². The first-order chi connectivity index (χ1) is 9.24. The molecule has 6 heteroatoms. The smallest absolute Gasteiger partial charge is 0.227 e. The average molecular weight is 257 g/mol. The summed E-state index contributed by atoms with van der Waals surface area (Å²) in [6, 6.07) is 5.75. The first-order valence-corrected chi connectivity index (χ1v) is 6.39. The van der Waals surface area contributed by atoms with Crippen LogP contribution >= 0.6 is 0 Å². The Labute approximate surface area is 110 Å². The van der Waals surface area contributed by atoms with Crippen molar-refractivity contribution in [3.63, 3.8) is 0 Å². The molecule has 0 unspecified atom stereocenters. The summed E-state index contributed by atoms with van der Waals surface area (Å²) in [6.07, 6.45) is 4.69. The summed E-state index contributed by atoms with van der Waals surface area (Å²) < 4.78 is 1.59. The van der Waals surface area contributed by atoms with Gasteiger partial charge in [-0.15, -0.1) is 5.10 Å². The Morgan fingerprint density at radius 3 is 2.89 bits per heavy atom. The standard InChI is InChI=1S/C13H15N5O/c1-9-5-6-11(15-13(19)10-3-2-4-10)7-12(9)18-8-14-16-17-18/h5-8,10H,2-4H2,1H3,(H,15,19). The van der Waals surface area contributed by atoms with E-state index in [-0.39, 0.29) is 11.8 Å². The maximum absolute atomic E-state index is 11.9. The Hall–Kier alpha value is -2.24. The molecule has 0 aliphatic heterocycles. The zero-order valence-corrected chi connectivity index (χ0v) is 10.7. The normalized spacial score (nSPS) is 15.0. The molecule has 1 aliphatic carbocycles. The molecule has 0 bridgehead atoms. The molecule has 1 amide bonds. The number of rotatable bonds is 3. The van der Waals surface area contributed by atoms with Gasteiger partial charge in [0.1, 0.15) is 6.33 Å². The number of nitrogens with one attached hydrogen (secondary N) is 1. The highest BCUT2D eigenvalue weighted by Gasteiger charge is 2.25. The maximum atomic E-state index is 11.9. The minimum atomic E-state index is 0.109. The predicted molar refractivity (Wildman–Crippen MR) is 69.9 cm³/mol. The number of hydrogen-bond donors (Lipinski definition) is 1. The van der Waals surface area contributed by atoms with E-state index in [2.05, 4.69) is 20.8 Å². The molecule has 0 atom stereocenters. The maximum Gasteiger partial charge on any atom is 0.227 e. The second-order valence-corrected chi connectivity index (χ2v) is 4.87. The van der Waals surface area contributed by atoms with Crippen molar-refractivity contribution in [2.75, 3.05) is 5.32 Å². The van der Waals surface area contributed by atoms with Crippen molar-refractivity contribution in [3.8, 4) is 5.69 Å². The van der Waals surface area contributed by atoms with E-state index in [1.165, 1.54) is 0 Å². The second kappa shape index (κ2) is 4.79. The summed E-state index contributed by atoms with van der Waals surface area (Å²) in [4.78, 5) is 11.9. The summed E-state index contributed by atoms with van der Waals surface area (Å²) in [5.41, 5.74) is 2.71. The van der Waals surface area contributed by atoms with Crippen LogP contribution in [0.1, 0.15) is 24.8 Å². The minimum absolute atomic E-state index is 0.109. The van der Waals surface area contributed by atoms with Crippen molar-refractivity contribution in [2.45, 2.75) is 26.2 Å². The van der Waals surface area contributed by atoms with Crippen LogP contribution in [0, 0.1) is 12.8 Å². The number of aryl methyl sites for hydroxylation is 1. The molecular formula is C13H15N5O. The van der Waals surface area contributed by atoms with Crippen LogP contribution in [0.4, 0.5) is 5.69 Å². The highest BCUT2D eigenvalue weighted by atomic mass is 16.1. The fourth-order valence-corrected chi connectivity index (χ4v) is 2.12. The van der Waals surface area contributed by atoms with E-state index >= 15 is 0 Å². The van der Waals surface area contributed by atoms with E-state index in [1.54, 1.807) is 11.0 Å². The van der Waals surface area contributed by atoms with Gasteiger partial charge in [-0.1, -0.05) is 12.5 Å². The van der Waals surface area contributed by atoms with E-state index in [9.17, 15) is 4.79 Å². The molecule has 1 heterocycles. The van der Waals surface area contributed by atoms with Crippen LogP contribution in [0.15, 0.2) is 24.5 Å². The molecule has 3 rings (SSSR count). The SMILES string of the molecule is Cc1ccc(NC(=O)C2CCC2)cc1-n1cnnn1. The number of tetrazole rings is 1. The van der Waals surface area contributed by atoms with Crippen molar-refractivity contribution in [3.05, 3.63) is 30.1 Å². The predicted octanol–water partition coefficient (Wildman–Crippen LogP) is 1.71. The Bertz CT molecular complexity index is 589. The van der Waals surface area contributed by atoms with Gasteiger partial charge in [-0.25, -0.2) is 4.68 Å². The van der Waals surface area contributed by atoms with Gasteiger partial charge in [-0.05, 0) is 47.9 Å². The van der Waals surface area contributed by atoms with Crippen molar-refractivity contribution in [1.82, 2.24) is 20.2 Å². The molecule has 98 valence electrons. The van der Waals surface area contributed by atoms with Crippen LogP contribution in [0.25, 0.3) is 5.69 Å². The van der Waals surface area contributed by atoms with Crippen LogP contribution in [0.5, 0.6) is 0 Å². The molecule has 2 aromatic rings. The highest BCUT2D eigenvalue weighted by molar-refractivity contribution is 5.93. The molecule has 1 aliphatic rings. The summed E-state index contributed by atoms with van der Waals surface area (Å²) in [6.45, 7) is 1.98. The minimum Gasteiger partial charge on any atom is -0.326 e. The first kappa shape index (κ1) is 11.8. The summed E-state index contributed by atoms with van der Waals surface area (Å²) >= 11 is 0. The van der Waals surface area contributed by atoms with Crippen LogP contribution in [-0.4, -0.2) is 26.1 Å². The fourth-order valence-electron chi connectivity index (χ4n) is 2.12. The van der Waals surface area contributed by atoms with Gasteiger partial charge in [0, 0.05) is 11.6 Å². The van der Waals surface area contributed by atoms with Crippen LogP contribution in [0.2, 0.25) is 0 Å². The van der Waals surface area contributed by atoms with Crippen molar-refractivity contribution >= 4 is 11.6 Å². The highest BCUT2D eigenvalue weighted by Crippen LogP contribution is 2.28. The van der Waals surface area contributed by atoms with Crippen molar-refractivity contribution in [2.24, 2.45) is 5.92 Å². The third kappa shape index (κ3) is 2.33. The van der Waals surface area contributed by atoms with Gasteiger partial charge in [0.2, 0.25) is 5.91 Å². The van der Waals surface area contributed by atoms with Gasteiger partial charge in [0.15, 0.2) is 0 Å². The van der Waals surface area contributed by atoms with Gasteiger partial charge in [-0.2, -0.15) is 0 Å². The number of hydrogen-bond acceptors (Lipinski definition) is 4. The van der Waals surface area contributed by atoms with Crippen LogP contribution < -0.4 is 5.32 Å². The van der Waals surface area contributed by atoms with E-state index in [4.69, 9.17) is 0 Å². The molecule has 0 spiro atoms. The third-order valence-electron chi connectivity index (χ3n) is 3.55. The quantitative estimate of drug-likeness (QED) is 0.908. The molecule has 1 N–H and O–H groups in total. The Morgan fingerprint density at radius 2 is 2.26 bits per heavy atom. The third-order valence-corrected chi connectivity index (χ3v) is 3.55. The zero-order chi connectivity index (χ0) is 13.2. The number of carbonyl (C=O) groups is 1. The molecule has 1 aromatic carbocycles. The molecular weight excluding hydrogens is 242 g/mol. The molecule has 1 saturated carbocycles. The van der Waals surface area contributed by atoms with Gasteiger partial charge in [-0.3, -0.25) is 4.79 Å². The molecule has 6 nitrogen and oxygen atoms in total. The number of aromatic nitrogens is 4. The van der Waals surface area contributed by atoms with Crippen LogP contribution in [0.3, 0.4) is 0 Å². The fraction of sp³-hybridized carbons (Fsp3) is 0.385. The van der Waals surface area contributed by atoms with Crippen LogP contribution in [-0.2, 0) is 4.79 Å². The average Bonchev–Trinajstić information content (AvgIpc) is 2.82. The first-order valence-electron chi connectivity index (χ1n) is 6.39. The number of nitrogens with zero attached hydrogens (tertiary/aromatic N) is 4. The number of benzene rings is 1. The number of anilines is 1. The van der Waals surface area contributed by atoms with Gasteiger partial charge in [0.05, 0.1) is 5.69 Å². The molecule has 0 radical (unpaired) electrons. The van der Waals surface area contributed by atoms with E-state index < -0.39 is 0 Å². The van der Waals surface area contributed by atoms with E-state index in [0.717, 1.165) is 36.2 Å².